The summed E-state index contributed by atoms with van der Waals surface area (Å²) < 4.78 is 0. The molecule has 0 aliphatic heterocycles. The molecule has 0 fully saturated rings. The van der Waals surface area contributed by atoms with Crippen molar-refractivity contribution in [2.45, 2.75) is 13.8 Å². The lowest BCUT2D eigenvalue weighted by atomic mass is 10.2. The van der Waals surface area contributed by atoms with E-state index in [0.29, 0.717) is 0 Å². The molecule has 15 heavy (non-hydrogen) atoms. The van der Waals surface area contributed by atoms with Crippen molar-refractivity contribution < 1.29 is 4.79 Å². The number of aryl methyl sites for hydroxylation is 1. The molecule has 0 aromatic carbocycles. The van der Waals surface area contributed by atoms with Gasteiger partial charge >= 0.3 is 0 Å². The van der Waals surface area contributed by atoms with Crippen molar-refractivity contribution in [3.63, 3.8) is 0 Å². The zero-order valence-corrected chi connectivity index (χ0v) is 9.73. The molecule has 0 aliphatic rings. The number of Topliss-reactive ketones (excluding diaryl/α,β-unsaturated/α-hetero) is 1. The fraction of sp³-hybridized carbons (Fsp3) is 0.273. The van der Waals surface area contributed by atoms with Crippen LogP contribution in [0.3, 0.4) is 0 Å². The standard InChI is InChI=1S/C11H12N2OS/c1-6-4-5-8-9(12-3)10(7(2)14)15-11(8)13-6/h4-5,12H,1-3H3. The Morgan fingerprint density at radius 1 is 1.47 bits per heavy atom. The van der Waals surface area contributed by atoms with Crippen LogP contribution in [-0.2, 0) is 0 Å². The molecular weight excluding hydrogens is 208 g/mol. The lowest BCUT2D eigenvalue weighted by molar-refractivity contribution is 0.102. The van der Waals surface area contributed by atoms with E-state index < -0.39 is 0 Å². The first-order chi connectivity index (χ1) is 7.13. The fourth-order valence-electron chi connectivity index (χ4n) is 1.57. The number of nitrogens with one attached hydrogen (secondary N) is 1. The van der Waals surface area contributed by atoms with E-state index in [2.05, 4.69) is 10.3 Å². The van der Waals surface area contributed by atoms with Gasteiger partial charge in [0, 0.05) is 25.1 Å². The molecule has 3 nitrogen and oxygen atoms in total. The van der Waals surface area contributed by atoms with Crippen LogP contribution in [0.15, 0.2) is 12.1 Å². The molecule has 4 heteroatoms. The number of aromatic nitrogens is 1. The topological polar surface area (TPSA) is 42.0 Å². The number of hydrogen-bond donors (Lipinski definition) is 1. The molecule has 2 aromatic heterocycles. The van der Waals surface area contributed by atoms with Gasteiger partial charge in [-0.15, -0.1) is 11.3 Å². The maximum Gasteiger partial charge on any atom is 0.171 e. The zero-order chi connectivity index (χ0) is 11.0. The molecule has 2 rings (SSSR count). The van der Waals surface area contributed by atoms with Crippen molar-refractivity contribution in [2.24, 2.45) is 0 Å². The van der Waals surface area contributed by atoms with Crippen LogP contribution in [0.25, 0.3) is 10.2 Å². The third-order valence-corrected chi connectivity index (χ3v) is 3.46. The van der Waals surface area contributed by atoms with Crippen molar-refractivity contribution in [3.05, 3.63) is 22.7 Å². The van der Waals surface area contributed by atoms with E-state index in [1.54, 1.807) is 6.92 Å². The Kier molecular flexibility index (Phi) is 2.44. The van der Waals surface area contributed by atoms with Gasteiger partial charge in [-0.1, -0.05) is 0 Å². The van der Waals surface area contributed by atoms with E-state index in [4.69, 9.17) is 0 Å². The van der Waals surface area contributed by atoms with Crippen LogP contribution < -0.4 is 5.32 Å². The number of nitrogens with zero attached hydrogens (tertiary/aromatic N) is 1. The third kappa shape index (κ3) is 1.61. The van der Waals surface area contributed by atoms with Gasteiger partial charge in [-0.05, 0) is 19.1 Å². The average Bonchev–Trinajstić information content (AvgIpc) is 2.55. The van der Waals surface area contributed by atoms with Crippen LogP contribution in [-0.4, -0.2) is 17.8 Å². The number of ketones is 1. The smallest absolute Gasteiger partial charge is 0.171 e. The Morgan fingerprint density at radius 3 is 2.80 bits per heavy atom. The van der Waals surface area contributed by atoms with Gasteiger partial charge in [-0.2, -0.15) is 0 Å². The summed E-state index contributed by atoms with van der Waals surface area (Å²) in [5.41, 5.74) is 1.87. The Morgan fingerprint density at radius 2 is 2.20 bits per heavy atom. The molecule has 1 N–H and O–H groups in total. The van der Waals surface area contributed by atoms with Gasteiger partial charge in [-0.25, -0.2) is 4.98 Å². The number of carbonyl (C=O) groups excluding carboxylic acids is 1. The summed E-state index contributed by atoms with van der Waals surface area (Å²) in [6.07, 6.45) is 0. The number of pyridine rings is 1. The van der Waals surface area contributed by atoms with Gasteiger partial charge in [0.15, 0.2) is 5.78 Å². The van der Waals surface area contributed by atoms with Crippen LogP contribution >= 0.6 is 11.3 Å². The number of rotatable bonds is 2. The SMILES string of the molecule is CNc1c(C(C)=O)sc2nc(C)ccc12. The van der Waals surface area contributed by atoms with Gasteiger partial charge in [-0.3, -0.25) is 4.79 Å². The summed E-state index contributed by atoms with van der Waals surface area (Å²) in [5.74, 6) is 0.0833. The Bertz CT molecular complexity index is 531. The Hall–Kier alpha value is -1.42. The van der Waals surface area contributed by atoms with Crippen LogP contribution in [0, 0.1) is 6.92 Å². The lowest BCUT2D eigenvalue weighted by Crippen LogP contribution is -1.95. The molecule has 0 atom stereocenters. The van der Waals surface area contributed by atoms with Gasteiger partial charge in [0.2, 0.25) is 0 Å². The second-order valence-corrected chi connectivity index (χ2v) is 4.42. The van der Waals surface area contributed by atoms with Gasteiger partial charge < -0.3 is 5.32 Å². The molecule has 0 bridgehead atoms. The van der Waals surface area contributed by atoms with E-state index in [1.807, 2.05) is 26.1 Å². The minimum absolute atomic E-state index is 0.0833. The predicted molar refractivity (Wildman–Crippen MR) is 63.9 cm³/mol. The van der Waals surface area contributed by atoms with Crippen molar-refractivity contribution in [1.82, 2.24) is 4.98 Å². The number of carbonyl (C=O) groups is 1. The summed E-state index contributed by atoms with van der Waals surface area (Å²) >= 11 is 1.45. The summed E-state index contributed by atoms with van der Waals surface area (Å²) in [5, 5.41) is 4.10. The summed E-state index contributed by atoms with van der Waals surface area (Å²) in [6.45, 7) is 3.53. The predicted octanol–water partition coefficient (Wildman–Crippen LogP) is 2.85. The van der Waals surface area contributed by atoms with E-state index in [0.717, 1.165) is 26.5 Å². The van der Waals surface area contributed by atoms with Crippen LogP contribution in [0.2, 0.25) is 0 Å². The van der Waals surface area contributed by atoms with Gasteiger partial charge in [0.05, 0.1) is 10.6 Å². The van der Waals surface area contributed by atoms with Crippen molar-refractivity contribution in [2.75, 3.05) is 12.4 Å². The van der Waals surface area contributed by atoms with E-state index in [-0.39, 0.29) is 5.78 Å². The van der Waals surface area contributed by atoms with E-state index in [9.17, 15) is 4.79 Å². The number of anilines is 1. The Labute approximate surface area is 92.1 Å². The second-order valence-electron chi connectivity index (χ2n) is 3.42. The van der Waals surface area contributed by atoms with Crippen molar-refractivity contribution in [3.8, 4) is 0 Å². The molecule has 0 amide bonds. The second kappa shape index (κ2) is 3.62. The highest BCUT2D eigenvalue weighted by Gasteiger charge is 2.14. The Balaban J connectivity index is 2.78. The van der Waals surface area contributed by atoms with Gasteiger partial charge in [0.25, 0.3) is 0 Å². The third-order valence-electron chi connectivity index (χ3n) is 2.26. The number of hydrogen-bond acceptors (Lipinski definition) is 4. The molecule has 0 radical (unpaired) electrons. The average molecular weight is 220 g/mol. The molecule has 2 aromatic rings. The van der Waals surface area contributed by atoms with E-state index in [1.165, 1.54) is 11.3 Å². The summed E-state index contributed by atoms with van der Waals surface area (Å²) in [4.78, 5) is 17.5. The minimum atomic E-state index is 0.0833. The fourth-order valence-corrected chi connectivity index (χ4v) is 2.69. The zero-order valence-electron chi connectivity index (χ0n) is 8.92. The van der Waals surface area contributed by atoms with Crippen molar-refractivity contribution >= 4 is 33.0 Å². The molecule has 0 spiro atoms. The van der Waals surface area contributed by atoms with Crippen LogP contribution in [0.4, 0.5) is 5.69 Å². The summed E-state index contributed by atoms with van der Waals surface area (Å²) in [7, 11) is 1.83. The maximum absolute atomic E-state index is 11.4. The van der Waals surface area contributed by atoms with Crippen LogP contribution in [0.1, 0.15) is 22.3 Å². The molecular formula is C11H12N2OS. The lowest BCUT2D eigenvalue weighted by Gasteiger charge is -1.99. The first-order valence-electron chi connectivity index (χ1n) is 4.72. The van der Waals surface area contributed by atoms with Crippen LogP contribution in [0.5, 0.6) is 0 Å². The van der Waals surface area contributed by atoms with Crippen molar-refractivity contribution in [1.29, 1.82) is 0 Å². The molecule has 0 aliphatic carbocycles. The largest absolute Gasteiger partial charge is 0.386 e. The summed E-state index contributed by atoms with van der Waals surface area (Å²) in [6, 6.07) is 3.96. The molecule has 0 saturated heterocycles. The first-order valence-corrected chi connectivity index (χ1v) is 5.54. The highest BCUT2D eigenvalue weighted by atomic mass is 32.1. The number of fused-ring (bicyclic) bond motifs is 1. The molecule has 2 heterocycles. The maximum atomic E-state index is 11.4. The number of thiophene rings is 1. The highest BCUT2D eigenvalue weighted by Crippen LogP contribution is 2.34. The van der Waals surface area contributed by atoms with Gasteiger partial charge in [0.1, 0.15) is 4.83 Å². The normalized spacial score (nSPS) is 10.6. The monoisotopic (exact) mass is 220 g/mol. The van der Waals surface area contributed by atoms with E-state index >= 15 is 0 Å². The molecule has 0 saturated carbocycles. The highest BCUT2D eigenvalue weighted by molar-refractivity contribution is 7.21. The minimum Gasteiger partial charge on any atom is -0.386 e. The quantitative estimate of drug-likeness (QED) is 0.791. The first kappa shape index (κ1) is 10.1. The molecule has 78 valence electrons. The molecule has 0 unspecified atom stereocenters.